The van der Waals surface area contributed by atoms with Gasteiger partial charge in [0.05, 0.1) is 12.5 Å². The Morgan fingerprint density at radius 3 is 2.28 bits per heavy atom. The van der Waals surface area contributed by atoms with Crippen molar-refractivity contribution in [1.29, 1.82) is 0 Å². The average molecular weight is 331 g/mol. The lowest BCUT2D eigenvalue weighted by Crippen LogP contribution is -2.22. The van der Waals surface area contributed by atoms with Gasteiger partial charge in [0, 0.05) is 0 Å². The van der Waals surface area contributed by atoms with E-state index in [1.807, 2.05) is 6.92 Å². The molecular weight excluding hydrogens is 320 g/mol. The first-order valence-electron chi connectivity index (χ1n) is 5.07. The lowest BCUT2D eigenvalue weighted by Gasteiger charge is -2.22. The van der Waals surface area contributed by atoms with Crippen LogP contribution in [0, 0.1) is 0 Å². The van der Waals surface area contributed by atoms with Gasteiger partial charge in [-0.05, 0) is 24.6 Å². The van der Waals surface area contributed by atoms with Crippen molar-refractivity contribution >= 4 is 51.6 Å². The fourth-order valence-corrected chi connectivity index (χ4v) is 2.59. The Kier molecular flexibility index (Phi) is 5.86. The maximum absolute atomic E-state index is 8.72. The Morgan fingerprint density at radius 2 is 1.89 bits per heavy atom. The molecule has 18 heavy (non-hydrogen) atoms. The molecule has 1 rings (SSSR count). The summed E-state index contributed by atoms with van der Waals surface area (Å²) in [5.74, 6) is -0.147. The van der Waals surface area contributed by atoms with Crippen LogP contribution in [0.25, 0.3) is 0 Å². The lowest BCUT2D eigenvalue weighted by atomic mass is 10.0. The summed E-state index contributed by atoms with van der Waals surface area (Å²) in [6, 6.07) is 6.85. The minimum absolute atomic E-state index is 0.195. The van der Waals surface area contributed by atoms with Crippen molar-refractivity contribution in [2.75, 3.05) is 6.61 Å². The summed E-state index contributed by atoms with van der Waals surface area (Å²) in [5.41, 5.74) is 0.612. The van der Waals surface area contributed by atoms with Crippen LogP contribution >= 0.6 is 46.4 Å². The third kappa shape index (κ3) is 4.09. The number of benzene rings is 1. The predicted octanol–water partition coefficient (Wildman–Crippen LogP) is 4.57. The molecule has 0 aromatic heterocycles. The van der Waals surface area contributed by atoms with Gasteiger partial charge in [-0.3, -0.25) is 0 Å². The van der Waals surface area contributed by atoms with Crippen LogP contribution in [-0.2, 0) is 0 Å². The number of nitrogens with zero attached hydrogens (tertiary/aromatic N) is 1. The van der Waals surface area contributed by atoms with Crippen LogP contribution in [0.4, 0.5) is 0 Å². The number of alkyl halides is 3. The van der Waals surface area contributed by atoms with E-state index in [9.17, 15) is 0 Å². The molecule has 1 aromatic rings. The Labute approximate surface area is 125 Å². The van der Waals surface area contributed by atoms with Crippen molar-refractivity contribution in [3.05, 3.63) is 29.8 Å². The van der Waals surface area contributed by atoms with E-state index >= 15 is 0 Å². The molecule has 0 aliphatic heterocycles. The second-order valence-electron chi connectivity index (χ2n) is 3.40. The third-order valence-corrected chi connectivity index (χ3v) is 3.13. The quantitative estimate of drug-likeness (QED) is 0.380. The summed E-state index contributed by atoms with van der Waals surface area (Å²) in [5, 5.41) is 11.4. The summed E-state index contributed by atoms with van der Waals surface area (Å²) in [6.45, 7) is 2.44. The molecule has 100 valence electrons. The summed E-state index contributed by atoms with van der Waals surface area (Å²) < 4.78 is 3.59. The molecule has 0 amide bonds. The highest BCUT2D eigenvalue weighted by molar-refractivity contribution is 6.74. The highest BCUT2D eigenvalue weighted by Crippen LogP contribution is 2.43. The second kappa shape index (κ2) is 6.71. The molecule has 1 aromatic carbocycles. The van der Waals surface area contributed by atoms with Crippen LogP contribution in [-0.4, -0.2) is 20.8 Å². The van der Waals surface area contributed by atoms with Crippen molar-refractivity contribution in [2.45, 2.75) is 16.6 Å². The van der Waals surface area contributed by atoms with Crippen LogP contribution < -0.4 is 4.74 Å². The van der Waals surface area contributed by atoms with Gasteiger partial charge in [-0.25, -0.2) is 0 Å². The first kappa shape index (κ1) is 15.7. The van der Waals surface area contributed by atoms with E-state index in [4.69, 9.17) is 56.3 Å². The minimum atomic E-state index is -1.71. The molecule has 0 fully saturated rings. The zero-order valence-electron chi connectivity index (χ0n) is 9.41. The van der Waals surface area contributed by atoms with Crippen molar-refractivity contribution in [2.24, 2.45) is 5.16 Å². The maximum Gasteiger partial charge on any atom is 0.203 e. The topological polar surface area (TPSA) is 41.8 Å². The zero-order chi connectivity index (χ0) is 13.8. The monoisotopic (exact) mass is 329 g/mol. The molecule has 0 aliphatic carbocycles. The largest absolute Gasteiger partial charge is 0.494 e. The van der Waals surface area contributed by atoms with Gasteiger partial charge < -0.3 is 9.94 Å². The molecule has 0 spiro atoms. The first-order chi connectivity index (χ1) is 8.40. The number of hydrogen-bond donors (Lipinski definition) is 1. The van der Waals surface area contributed by atoms with E-state index in [1.54, 1.807) is 24.3 Å². The van der Waals surface area contributed by atoms with Crippen LogP contribution in [0.3, 0.4) is 0 Å². The molecule has 1 N–H and O–H groups in total. The van der Waals surface area contributed by atoms with Crippen LogP contribution in [0.5, 0.6) is 5.75 Å². The third-order valence-electron chi connectivity index (χ3n) is 2.19. The highest BCUT2D eigenvalue weighted by atomic mass is 35.6. The van der Waals surface area contributed by atoms with Crippen molar-refractivity contribution in [1.82, 2.24) is 0 Å². The van der Waals surface area contributed by atoms with Gasteiger partial charge >= 0.3 is 0 Å². The average Bonchev–Trinajstić information content (AvgIpc) is 2.30. The standard InChI is InChI=1S/C11H11Cl4NO2/c1-2-18-8-5-3-7(4-6-8)9(10(12)16-17)11(13,14)15/h3-6,9,17H,2H2,1H3/b16-10-. The normalized spacial score (nSPS) is 14.4. The van der Waals surface area contributed by atoms with Gasteiger partial charge in [0.25, 0.3) is 0 Å². The fourth-order valence-electron chi connectivity index (χ4n) is 1.44. The summed E-state index contributed by atoms with van der Waals surface area (Å²) >= 11 is 23.3. The molecule has 7 heteroatoms. The van der Waals surface area contributed by atoms with Crippen molar-refractivity contribution < 1.29 is 9.94 Å². The molecular formula is C11H11Cl4NO2. The smallest absolute Gasteiger partial charge is 0.203 e. The van der Waals surface area contributed by atoms with Gasteiger partial charge in [0.2, 0.25) is 3.79 Å². The van der Waals surface area contributed by atoms with Crippen LogP contribution in [0.1, 0.15) is 18.4 Å². The Hall–Kier alpha value is -0.350. The van der Waals surface area contributed by atoms with Gasteiger partial charge in [-0.15, -0.1) is 0 Å². The van der Waals surface area contributed by atoms with Crippen LogP contribution in [0.2, 0.25) is 0 Å². The number of oxime groups is 1. The second-order valence-corrected chi connectivity index (χ2v) is 6.16. The van der Waals surface area contributed by atoms with E-state index in [0.717, 1.165) is 0 Å². The molecule has 1 atom stereocenters. The minimum Gasteiger partial charge on any atom is -0.494 e. The van der Waals surface area contributed by atoms with Crippen LogP contribution in [0.15, 0.2) is 29.4 Å². The molecule has 0 radical (unpaired) electrons. The molecule has 0 bridgehead atoms. The number of hydrogen-bond acceptors (Lipinski definition) is 3. The molecule has 0 saturated carbocycles. The summed E-state index contributed by atoms with van der Waals surface area (Å²) in [6.07, 6.45) is 0. The first-order valence-corrected chi connectivity index (χ1v) is 6.58. The van der Waals surface area contributed by atoms with Crippen molar-refractivity contribution in [3.8, 4) is 5.75 Å². The van der Waals surface area contributed by atoms with Gasteiger partial charge in [0.15, 0.2) is 5.17 Å². The number of rotatable bonds is 4. The molecule has 1 unspecified atom stereocenters. The number of halogens is 4. The SMILES string of the molecule is CCOc1ccc(C(/C(Cl)=N/O)C(Cl)(Cl)Cl)cc1. The highest BCUT2D eigenvalue weighted by Gasteiger charge is 2.37. The predicted molar refractivity (Wildman–Crippen MR) is 75.7 cm³/mol. The van der Waals surface area contributed by atoms with E-state index < -0.39 is 9.71 Å². The van der Waals surface area contributed by atoms with E-state index in [1.165, 1.54) is 0 Å². The maximum atomic E-state index is 8.72. The summed E-state index contributed by atoms with van der Waals surface area (Å²) in [4.78, 5) is 0. The van der Waals surface area contributed by atoms with E-state index in [-0.39, 0.29) is 5.17 Å². The fraction of sp³-hybridized carbons (Fsp3) is 0.364. The Balaban J connectivity index is 3.07. The zero-order valence-corrected chi connectivity index (χ0v) is 12.4. The molecule has 3 nitrogen and oxygen atoms in total. The Bertz CT molecular complexity index is 414. The van der Waals surface area contributed by atoms with Crippen molar-refractivity contribution in [3.63, 3.8) is 0 Å². The number of ether oxygens (including phenoxy) is 1. The molecule has 0 aliphatic rings. The lowest BCUT2D eigenvalue weighted by molar-refractivity contribution is 0.318. The van der Waals surface area contributed by atoms with Gasteiger partial charge in [-0.2, -0.15) is 0 Å². The van der Waals surface area contributed by atoms with E-state index in [2.05, 4.69) is 5.16 Å². The molecule has 0 saturated heterocycles. The van der Waals surface area contributed by atoms with Gasteiger partial charge in [-0.1, -0.05) is 63.7 Å². The Morgan fingerprint density at radius 1 is 1.33 bits per heavy atom. The van der Waals surface area contributed by atoms with Gasteiger partial charge in [0.1, 0.15) is 5.75 Å². The summed E-state index contributed by atoms with van der Waals surface area (Å²) in [7, 11) is 0. The van der Waals surface area contributed by atoms with E-state index in [0.29, 0.717) is 17.9 Å². The molecule has 0 heterocycles.